The summed E-state index contributed by atoms with van der Waals surface area (Å²) in [6.07, 6.45) is 5.10. The van der Waals surface area contributed by atoms with Gasteiger partial charge in [0.2, 0.25) is 0 Å². The molecule has 1 fully saturated rings. The Labute approximate surface area is 92.9 Å². The van der Waals surface area contributed by atoms with Crippen molar-refractivity contribution in [3.05, 3.63) is 35.4 Å². The van der Waals surface area contributed by atoms with Gasteiger partial charge in [-0.1, -0.05) is 31.2 Å². The lowest BCUT2D eigenvalue weighted by molar-refractivity contribution is 0.372. The van der Waals surface area contributed by atoms with Crippen LogP contribution in [0.1, 0.15) is 30.9 Å². The van der Waals surface area contributed by atoms with Crippen molar-refractivity contribution in [3.8, 4) is 0 Å². The molecule has 1 aliphatic heterocycles. The summed E-state index contributed by atoms with van der Waals surface area (Å²) in [5, 5.41) is 3.42. The van der Waals surface area contributed by atoms with Crippen LogP contribution in [0.25, 0.3) is 0 Å². The summed E-state index contributed by atoms with van der Waals surface area (Å²) in [5.41, 5.74) is 2.96. The van der Waals surface area contributed by atoms with Crippen molar-refractivity contribution < 1.29 is 0 Å². The van der Waals surface area contributed by atoms with Gasteiger partial charge in [-0.3, -0.25) is 0 Å². The van der Waals surface area contributed by atoms with E-state index in [1.807, 2.05) is 0 Å². The molecular formula is C14H21N. The van der Waals surface area contributed by atoms with Crippen molar-refractivity contribution in [2.75, 3.05) is 13.1 Å². The fourth-order valence-corrected chi connectivity index (χ4v) is 2.33. The van der Waals surface area contributed by atoms with E-state index in [9.17, 15) is 0 Å². The normalized spacial score (nSPS) is 17.9. The highest BCUT2D eigenvalue weighted by Gasteiger charge is 2.12. The third-order valence-electron chi connectivity index (χ3n) is 3.41. The molecule has 2 rings (SSSR count). The van der Waals surface area contributed by atoms with Gasteiger partial charge in [-0.05, 0) is 55.8 Å². The number of hydrogen-bond donors (Lipinski definition) is 1. The van der Waals surface area contributed by atoms with Crippen LogP contribution in [0.15, 0.2) is 24.3 Å². The Balaban J connectivity index is 1.91. The van der Waals surface area contributed by atoms with Gasteiger partial charge in [0.1, 0.15) is 0 Å². The molecule has 82 valence electrons. The van der Waals surface area contributed by atoms with E-state index in [0.29, 0.717) is 0 Å². The number of aryl methyl sites for hydroxylation is 1. The van der Waals surface area contributed by atoms with Crippen LogP contribution in [0.5, 0.6) is 0 Å². The van der Waals surface area contributed by atoms with E-state index in [2.05, 4.69) is 36.5 Å². The summed E-state index contributed by atoms with van der Waals surface area (Å²) in [4.78, 5) is 0. The molecule has 0 amide bonds. The van der Waals surface area contributed by atoms with Crippen LogP contribution >= 0.6 is 0 Å². The quantitative estimate of drug-likeness (QED) is 0.796. The highest BCUT2D eigenvalue weighted by molar-refractivity contribution is 5.22. The molecule has 15 heavy (non-hydrogen) atoms. The lowest BCUT2D eigenvalue weighted by Gasteiger charge is -2.22. The van der Waals surface area contributed by atoms with Crippen molar-refractivity contribution in [2.45, 2.75) is 32.6 Å². The minimum absolute atomic E-state index is 0.902. The number of piperidine rings is 1. The van der Waals surface area contributed by atoms with Gasteiger partial charge in [0.05, 0.1) is 0 Å². The maximum Gasteiger partial charge on any atom is -0.00462 e. The molecule has 1 saturated heterocycles. The fourth-order valence-electron chi connectivity index (χ4n) is 2.33. The average molecular weight is 203 g/mol. The van der Waals surface area contributed by atoms with E-state index in [1.54, 1.807) is 0 Å². The first-order valence-corrected chi connectivity index (χ1v) is 6.17. The van der Waals surface area contributed by atoms with Gasteiger partial charge >= 0.3 is 0 Å². The first kappa shape index (κ1) is 10.7. The van der Waals surface area contributed by atoms with E-state index in [1.165, 1.54) is 43.5 Å². The van der Waals surface area contributed by atoms with Gasteiger partial charge in [0, 0.05) is 0 Å². The van der Waals surface area contributed by atoms with Crippen LogP contribution in [0, 0.1) is 5.92 Å². The van der Waals surface area contributed by atoms with Gasteiger partial charge < -0.3 is 5.32 Å². The maximum atomic E-state index is 3.42. The van der Waals surface area contributed by atoms with Gasteiger partial charge in [-0.15, -0.1) is 0 Å². The average Bonchev–Trinajstić information content (AvgIpc) is 2.31. The van der Waals surface area contributed by atoms with E-state index in [4.69, 9.17) is 0 Å². The largest absolute Gasteiger partial charge is 0.317 e. The van der Waals surface area contributed by atoms with Crippen molar-refractivity contribution >= 4 is 0 Å². The molecule has 0 atom stereocenters. The third kappa shape index (κ3) is 3.07. The van der Waals surface area contributed by atoms with Crippen LogP contribution in [0.2, 0.25) is 0 Å². The Kier molecular flexibility index (Phi) is 3.79. The molecule has 1 N–H and O–H groups in total. The summed E-state index contributed by atoms with van der Waals surface area (Å²) in [7, 11) is 0. The molecule has 0 bridgehead atoms. The van der Waals surface area contributed by atoms with E-state index in [0.717, 1.165) is 12.3 Å². The zero-order chi connectivity index (χ0) is 10.5. The molecule has 0 aliphatic carbocycles. The lowest BCUT2D eigenvalue weighted by Crippen LogP contribution is -2.28. The molecular weight excluding hydrogens is 182 g/mol. The minimum Gasteiger partial charge on any atom is -0.317 e. The molecule has 0 unspecified atom stereocenters. The zero-order valence-electron chi connectivity index (χ0n) is 9.63. The lowest BCUT2D eigenvalue weighted by atomic mass is 9.91. The van der Waals surface area contributed by atoms with Crippen molar-refractivity contribution in [1.82, 2.24) is 5.32 Å². The topological polar surface area (TPSA) is 12.0 Å². The van der Waals surface area contributed by atoms with Crippen LogP contribution in [-0.2, 0) is 12.8 Å². The number of hydrogen-bond acceptors (Lipinski definition) is 1. The second-order valence-corrected chi connectivity index (χ2v) is 4.57. The van der Waals surface area contributed by atoms with Gasteiger partial charge in [-0.25, -0.2) is 0 Å². The summed E-state index contributed by atoms with van der Waals surface area (Å²) < 4.78 is 0. The van der Waals surface area contributed by atoms with Gasteiger partial charge in [0.15, 0.2) is 0 Å². The molecule has 1 heteroatoms. The Bertz CT molecular complexity index is 283. The monoisotopic (exact) mass is 203 g/mol. The van der Waals surface area contributed by atoms with E-state index < -0.39 is 0 Å². The molecule has 1 aromatic carbocycles. The van der Waals surface area contributed by atoms with E-state index in [-0.39, 0.29) is 0 Å². The van der Waals surface area contributed by atoms with E-state index >= 15 is 0 Å². The van der Waals surface area contributed by atoms with Crippen LogP contribution in [0.4, 0.5) is 0 Å². The zero-order valence-corrected chi connectivity index (χ0v) is 9.63. The van der Waals surface area contributed by atoms with Crippen LogP contribution in [0.3, 0.4) is 0 Å². The SMILES string of the molecule is CCc1ccc(CC2CCNCC2)cc1. The molecule has 0 aromatic heterocycles. The summed E-state index contributed by atoms with van der Waals surface area (Å²) in [5.74, 6) is 0.902. The predicted octanol–water partition coefficient (Wildman–Crippen LogP) is 2.79. The summed E-state index contributed by atoms with van der Waals surface area (Å²) in [6, 6.07) is 9.16. The van der Waals surface area contributed by atoms with Gasteiger partial charge in [0.25, 0.3) is 0 Å². The van der Waals surface area contributed by atoms with Crippen LogP contribution in [-0.4, -0.2) is 13.1 Å². The number of benzene rings is 1. The molecule has 0 saturated carbocycles. The number of rotatable bonds is 3. The predicted molar refractivity (Wildman–Crippen MR) is 65.1 cm³/mol. The highest BCUT2D eigenvalue weighted by Crippen LogP contribution is 2.18. The first-order chi connectivity index (χ1) is 7.38. The van der Waals surface area contributed by atoms with Crippen molar-refractivity contribution in [3.63, 3.8) is 0 Å². The molecule has 0 spiro atoms. The second kappa shape index (κ2) is 5.32. The minimum atomic E-state index is 0.902. The van der Waals surface area contributed by atoms with Crippen LogP contribution < -0.4 is 5.32 Å². The first-order valence-electron chi connectivity index (χ1n) is 6.17. The van der Waals surface area contributed by atoms with Crippen molar-refractivity contribution in [2.24, 2.45) is 5.92 Å². The molecule has 1 heterocycles. The molecule has 1 aromatic rings. The Morgan fingerprint density at radius 2 is 1.67 bits per heavy atom. The van der Waals surface area contributed by atoms with Crippen molar-refractivity contribution in [1.29, 1.82) is 0 Å². The molecule has 0 radical (unpaired) electrons. The molecule has 1 nitrogen and oxygen atoms in total. The molecule has 1 aliphatic rings. The van der Waals surface area contributed by atoms with Gasteiger partial charge in [-0.2, -0.15) is 0 Å². The fraction of sp³-hybridized carbons (Fsp3) is 0.571. The Hall–Kier alpha value is -0.820. The number of nitrogens with one attached hydrogen (secondary N) is 1. The Morgan fingerprint density at radius 1 is 1.07 bits per heavy atom. The highest BCUT2D eigenvalue weighted by atomic mass is 14.9. The summed E-state index contributed by atoms with van der Waals surface area (Å²) in [6.45, 7) is 4.62. The maximum absolute atomic E-state index is 3.42. The Morgan fingerprint density at radius 3 is 2.27 bits per heavy atom. The third-order valence-corrected chi connectivity index (χ3v) is 3.41. The standard InChI is InChI=1S/C14H21N/c1-2-12-3-5-13(6-4-12)11-14-7-9-15-10-8-14/h3-6,14-15H,2,7-11H2,1H3. The summed E-state index contributed by atoms with van der Waals surface area (Å²) >= 11 is 0. The second-order valence-electron chi connectivity index (χ2n) is 4.57. The smallest absolute Gasteiger partial charge is 0.00462 e.